The number of furan rings is 1. The molecule has 45 heavy (non-hydrogen) atoms. The summed E-state index contributed by atoms with van der Waals surface area (Å²) in [7, 11) is 0. The average molecular weight is 619 g/mol. The number of nitrogens with zero attached hydrogens (tertiary/aromatic N) is 2. The standard InChI is InChI=1S/C35H26N2O7S/c1-3-41-34(40)30-31(23-7-5-4-6-8-23)36-35-37(32(30)24-13-15-27-28(17-24)43-19-42-27)33(39)29(45-35)18-25-14-16-26(44-25)22-11-9-21(10-12-22)20(2)38/h4-18,32H,3,19H2,1-2H3/b29-18-/t32-/m1/s1. The van der Waals surface area contributed by atoms with Crippen LogP contribution in [0.5, 0.6) is 11.5 Å². The third-order valence-corrected chi connectivity index (χ3v) is 8.55. The predicted molar refractivity (Wildman–Crippen MR) is 168 cm³/mol. The van der Waals surface area contributed by atoms with Crippen LogP contribution >= 0.6 is 11.3 Å². The van der Waals surface area contributed by atoms with Crippen molar-refractivity contribution in [2.75, 3.05) is 13.4 Å². The molecule has 2 aliphatic heterocycles. The monoisotopic (exact) mass is 618 g/mol. The van der Waals surface area contributed by atoms with Crippen molar-refractivity contribution in [1.82, 2.24) is 4.57 Å². The predicted octanol–water partition coefficient (Wildman–Crippen LogP) is 5.13. The molecule has 224 valence electrons. The molecule has 7 rings (SSSR count). The fraction of sp³-hybridized carbons (Fsp3) is 0.143. The summed E-state index contributed by atoms with van der Waals surface area (Å²) in [5, 5.41) is 0. The second-order valence-electron chi connectivity index (χ2n) is 10.4. The minimum atomic E-state index is -0.848. The highest BCUT2D eigenvalue weighted by Gasteiger charge is 2.36. The zero-order chi connectivity index (χ0) is 31.1. The number of carbonyl (C=O) groups is 2. The first-order chi connectivity index (χ1) is 21.9. The van der Waals surface area contributed by atoms with E-state index in [1.54, 1.807) is 43.3 Å². The Morgan fingerprint density at radius 3 is 2.51 bits per heavy atom. The molecule has 9 nitrogen and oxygen atoms in total. The molecule has 0 radical (unpaired) electrons. The van der Waals surface area contributed by atoms with Crippen LogP contribution in [0.2, 0.25) is 0 Å². The van der Waals surface area contributed by atoms with Crippen LogP contribution in [0.4, 0.5) is 0 Å². The Balaban J connectivity index is 1.40. The highest BCUT2D eigenvalue weighted by atomic mass is 32.1. The zero-order valence-corrected chi connectivity index (χ0v) is 25.1. The van der Waals surface area contributed by atoms with Gasteiger partial charge in [0, 0.05) is 22.8 Å². The Hall–Kier alpha value is -5.48. The number of fused-ring (bicyclic) bond motifs is 2. The second kappa shape index (κ2) is 11.5. The Labute approximate surface area is 261 Å². The number of benzene rings is 3. The molecule has 1 atom stereocenters. The number of thiazole rings is 1. The van der Waals surface area contributed by atoms with Crippen molar-refractivity contribution in [1.29, 1.82) is 0 Å². The summed E-state index contributed by atoms with van der Waals surface area (Å²) in [6.07, 6.45) is 1.67. The summed E-state index contributed by atoms with van der Waals surface area (Å²) in [5.41, 5.74) is 3.12. The Morgan fingerprint density at radius 2 is 1.76 bits per heavy atom. The van der Waals surface area contributed by atoms with Crippen molar-refractivity contribution in [3.63, 3.8) is 0 Å². The number of rotatable bonds is 7. The highest BCUT2D eigenvalue weighted by molar-refractivity contribution is 7.07. The van der Waals surface area contributed by atoms with Crippen LogP contribution in [-0.2, 0) is 9.53 Å². The van der Waals surface area contributed by atoms with Gasteiger partial charge in [0.15, 0.2) is 22.1 Å². The molecular weight excluding hydrogens is 592 g/mol. The molecule has 0 aliphatic carbocycles. The number of carbonyl (C=O) groups excluding carboxylic acids is 2. The van der Waals surface area contributed by atoms with Gasteiger partial charge in [-0.25, -0.2) is 9.79 Å². The third kappa shape index (κ3) is 5.19. The smallest absolute Gasteiger partial charge is 0.338 e. The molecule has 10 heteroatoms. The summed E-state index contributed by atoms with van der Waals surface area (Å²) in [4.78, 5) is 44.8. The van der Waals surface area contributed by atoms with Gasteiger partial charge >= 0.3 is 5.97 Å². The number of Topliss-reactive ketones (excluding diaryl/α,β-unsaturated/α-hetero) is 1. The summed E-state index contributed by atoms with van der Waals surface area (Å²) in [6, 6.07) is 24.6. The van der Waals surface area contributed by atoms with Gasteiger partial charge in [-0.2, -0.15) is 0 Å². The van der Waals surface area contributed by atoms with E-state index in [1.807, 2.05) is 54.6 Å². The largest absolute Gasteiger partial charge is 0.463 e. The maximum atomic E-state index is 14.2. The van der Waals surface area contributed by atoms with Gasteiger partial charge in [0.2, 0.25) is 6.79 Å². The van der Waals surface area contributed by atoms with Crippen molar-refractivity contribution in [3.8, 4) is 22.8 Å². The first-order valence-electron chi connectivity index (χ1n) is 14.3. The van der Waals surface area contributed by atoms with Crippen molar-refractivity contribution >= 4 is 34.9 Å². The van der Waals surface area contributed by atoms with E-state index < -0.39 is 12.0 Å². The third-order valence-electron chi connectivity index (χ3n) is 7.56. The van der Waals surface area contributed by atoms with Gasteiger partial charge in [-0.05, 0) is 43.7 Å². The molecule has 4 heterocycles. The molecule has 0 fully saturated rings. The lowest BCUT2D eigenvalue weighted by Crippen LogP contribution is -2.40. The van der Waals surface area contributed by atoms with Gasteiger partial charge in [0.05, 0.1) is 28.5 Å². The minimum absolute atomic E-state index is 0.0161. The van der Waals surface area contributed by atoms with Crippen molar-refractivity contribution < 1.29 is 28.2 Å². The van der Waals surface area contributed by atoms with E-state index in [-0.39, 0.29) is 30.3 Å². The van der Waals surface area contributed by atoms with Crippen LogP contribution in [0, 0.1) is 0 Å². The maximum absolute atomic E-state index is 14.2. The molecule has 0 amide bonds. The molecule has 0 bridgehead atoms. The molecule has 0 saturated carbocycles. The maximum Gasteiger partial charge on any atom is 0.338 e. The first kappa shape index (κ1) is 28.3. The summed E-state index contributed by atoms with van der Waals surface area (Å²) < 4.78 is 24.7. The lowest BCUT2D eigenvalue weighted by atomic mass is 9.93. The Bertz CT molecular complexity index is 2170. The van der Waals surface area contributed by atoms with Crippen molar-refractivity contribution in [2.45, 2.75) is 19.9 Å². The molecule has 0 saturated heterocycles. The number of aromatic nitrogens is 1. The average Bonchev–Trinajstić information content (AvgIpc) is 3.80. The van der Waals surface area contributed by atoms with Gasteiger partial charge in [-0.15, -0.1) is 0 Å². The highest BCUT2D eigenvalue weighted by Crippen LogP contribution is 2.40. The number of ether oxygens (including phenoxy) is 3. The van der Waals surface area contributed by atoms with Gasteiger partial charge in [-0.1, -0.05) is 72.0 Å². The van der Waals surface area contributed by atoms with E-state index in [4.69, 9.17) is 23.6 Å². The van der Waals surface area contributed by atoms with E-state index >= 15 is 0 Å². The summed E-state index contributed by atoms with van der Waals surface area (Å²) in [5.74, 6) is 1.59. The van der Waals surface area contributed by atoms with E-state index in [2.05, 4.69) is 0 Å². The molecule has 0 spiro atoms. The van der Waals surface area contributed by atoms with Gasteiger partial charge in [-0.3, -0.25) is 14.2 Å². The summed E-state index contributed by atoms with van der Waals surface area (Å²) >= 11 is 1.20. The fourth-order valence-electron chi connectivity index (χ4n) is 5.42. The Morgan fingerprint density at radius 1 is 0.978 bits per heavy atom. The van der Waals surface area contributed by atoms with Gasteiger partial charge in [0.1, 0.15) is 11.5 Å². The van der Waals surface area contributed by atoms with Crippen molar-refractivity contribution in [3.05, 3.63) is 133 Å². The topological polar surface area (TPSA) is 109 Å². The molecule has 5 aromatic rings. The van der Waals surface area contributed by atoms with Crippen LogP contribution < -0.4 is 24.4 Å². The first-order valence-corrected chi connectivity index (χ1v) is 15.1. The normalized spacial score (nSPS) is 15.5. The zero-order valence-electron chi connectivity index (χ0n) is 24.3. The molecular formula is C35H26N2O7S. The molecule has 0 N–H and O–H groups in total. The lowest BCUT2D eigenvalue weighted by Gasteiger charge is -2.26. The number of ketones is 1. The van der Waals surface area contributed by atoms with Crippen LogP contribution in [-0.4, -0.2) is 29.7 Å². The minimum Gasteiger partial charge on any atom is -0.463 e. The van der Waals surface area contributed by atoms with E-state index in [1.165, 1.54) is 22.8 Å². The van der Waals surface area contributed by atoms with Crippen LogP contribution in [0.1, 0.15) is 47.1 Å². The quantitative estimate of drug-likeness (QED) is 0.184. The lowest BCUT2D eigenvalue weighted by molar-refractivity contribution is -0.138. The number of hydrogen-bond acceptors (Lipinski definition) is 9. The SMILES string of the molecule is CCOC(=O)C1=C(c2ccccc2)N=c2s/c(=C\c3ccc(-c4ccc(C(C)=O)cc4)o3)c(=O)n2[C@@H]1c1ccc2c(c1)OCO2. The van der Waals surface area contributed by atoms with Crippen LogP contribution in [0.3, 0.4) is 0 Å². The summed E-state index contributed by atoms with van der Waals surface area (Å²) in [6.45, 7) is 3.50. The van der Waals surface area contributed by atoms with E-state index in [9.17, 15) is 14.4 Å². The molecule has 2 aliphatic rings. The van der Waals surface area contributed by atoms with Crippen LogP contribution in [0.15, 0.2) is 105 Å². The molecule has 3 aromatic carbocycles. The second-order valence-corrected chi connectivity index (χ2v) is 11.4. The molecule has 2 aromatic heterocycles. The van der Waals surface area contributed by atoms with Crippen molar-refractivity contribution in [2.24, 2.45) is 4.99 Å². The van der Waals surface area contributed by atoms with Gasteiger partial charge in [0.25, 0.3) is 5.56 Å². The van der Waals surface area contributed by atoms with Gasteiger partial charge < -0.3 is 18.6 Å². The fourth-order valence-corrected chi connectivity index (χ4v) is 6.40. The van der Waals surface area contributed by atoms with E-state index in [0.29, 0.717) is 49.2 Å². The molecule has 0 unspecified atom stereocenters. The van der Waals surface area contributed by atoms with E-state index in [0.717, 1.165) is 11.1 Å². The van der Waals surface area contributed by atoms with Crippen LogP contribution in [0.25, 0.3) is 23.1 Å². The number of esters is 1. The Kier molecular flexibility index (Phi) is 7.26. The number of hydrogen-bond donors (Lipinski definition) is 0.